The Morgan fingerprint density at radius 3 is 2.00 bits per heavy atom. The summed E-state index contributed by atoms with van der Waals surface area (Å²) in [7, 11) is 0. The predicted octanol–water partition coefficient (Wildman–Crippen LogP) is 2.06. The predicted molar refractivity (Wildman–Crippen MR) is 42.7 cm³/mol. The zero-order valence-electron chi connectivity index (χ0n) is 6.60. The molecule has 0 aromatic rings. The van der Waals surface area contributed by atoms with Crippen molar-refractivity contribution in [1.29, 1.82) is 0 Å². The molecule has 1 nitrogen and oxygen atoms in total. The van der Waals surface area contributed by atoms with Crippen LogP contribution >= 0.6 is 0 Å². The van der Waals surface area contributed by atoms with Gasteiger partial charge in [-0.1, -0.05) is 19.3 Å². The highest BCUT2D eigenvalue weighted by Gasteiger charge is 2.44. The average Bonchev–Trinajstić information content (AvgIpc) is 2.04. The van der Waals surface area contributed by atoms with Gasteiger partial charge < -0.3 is 5.73 Å². The molecule has 2 aliphatic rings. The van der Waals surface area contributed by atoms with Crippen LogP contribution in [-0.2, 0) is 0 Å². The molecule has 1 spiro atoms. The standard InChI is InChI=1S/C9H17N/c10-8-4-7-9(8)5-2-1-3-6-9/h8H,1-7,10H2/t8-/m1/s1. The highest BCUT2D eigenvalue weighted by molar-refractivity contribution is 4.99. The van der Waals surface area contributed by atoms with Crippen molar-refractivity contribution in [2.45, 2.75) is 51.0 Å². The molecule has 0 bridgehead atoms. The van der Waals surface area contributed by atoms with Gasteiger partial charge in [-0.3, -0.25) is 0 Å². The Bertz CT molecular complexity index is 125. The van der Waals surface area contributed by atoms with Gasteiger partial charge in [-0.25, -0.2) is 0 Å². The number of rotatable bonds is 0. The largest absolute Gasteiger partial charge is 0.327 e. The van der Waals surface area contributed by atoms with Crippen molar-refractivity contribution in [3.05, 3.63) is 0 Å². The normalized spacial score (nSPS) is 37.5. The van der Waals surface area contributed by atoms with E-state index >= 15 is 0 Å². The summed E-state index contributed by atoms with van der Waals surface area (Å²) < 4.78 is 0. The molecule has 0 unspecified atom stereocenters. The van der Waals surface area contributed by atoms with Crippen molar-refractivity contribution in [2.75, 3.05) is 0 Å². The molecule has 1 atom stereocenters. The lowest BCUT2D eigenvalue weighted by molar-refractivity contribution is 0.0457. The van der Waals surface area contributed by atoms with Crippen LogP contribution in [0.3, 0.4) is 0 Å². The van der Waals surface area contributed by atoms with Crippen LogP contribution in [0.4, 0.5) is 0 Å². The lowest BCUT2D eigenvalue weighted by atomic mass is 9.58. The van der Waals surface area contributed by atoms with Crippen molar-refractivity contribution in [3.63, 3.8) is 0 Å². The molecule has 0 amide bonds. The van der Waals surface area contributed by atoms with E-state index in [1.54, 1.807) is 0 Å². The molecule has 0 aliphatic heterocycles. The Balaban J connectivity index is 1.99. The first kappa shape index (κ1) is 6.66. The number of hydrogen-bond donors (Lipinski definition) is 1. The molecule has 2 aliphatic carbocycles. The quantitative estimate of drug-likeness (QED) is 0.546. The number of nitrogens with two attached hydrogens (primary N) is 1. The van der Waals surface area contributed by atoms with Gasteiger partial charge in [0, 0.05) is 6.04 Å². The van der Waals surface area contributed by atoms with Crippen molar-refractivity contribution < 1.29 is 0 Å². The van der Waals surface area contributed by atoms with Crippen molar-refractivity contribution in [1.82, 2.24) is 0 Å². The van der Waals surface area contributed by atoms with E-state index in [1.165, 1.54) is 44.9 Å². The summed E-state index contributed by atoms with van der Waals surface area (Å²) in [6, 6.07) is 0.563. The summed E-state index contributed by atoms with van der Waals surface area (Å²) in [6.07, 6.45) is 9.90. The molecular weight excluding hydrogens is 122 g/mol. The van der Waals surface area contributed by atoms with E-state index in [-0.39, 0.29) is 0 Å². The minimum absolute atomic E-state index is 0.563. The molecule has 2 saturated carbocycles. The van der Waals surface area contributed by atoms with Crippen LogP contribution in [-0.4, -0.2) is 6.04 Å². The highest BCUT2D eigenvalue weighted by Crippen LogP contribution is 2.50. The minimum Gasteiger partial charge on any atom is -0.327 e. The molecule has 0 radical (unpaired) electrons. The maximum Gasteiger partial charge on any atom is 0.00957 e. The first-order chi connectivity index (χ1) is 4.83. The molecule has 2 fully saturated rings. The molecule has 2 N–H and O–H groups in total. The van der Waals surface area contributed by atoms with E-state index < -0.39 is 0 Å². The first-order valence-electron chi connectivity index (χ1n) is 4.59. The van der Waals surface area contributed by atoms with Crippen LogP contribution in [0.25, 0.3) is 0 Å². The molecule has 1 heteroatoms. The first-order valence-corrected chi connectivity index (χ1v) is 4.59. The minimum atomic E-state index is 0.563. The van der Waals surface area contributed by atoms with E-state index in [0.717, 1.165) is 0 Å². The second-order valence-corrected chi connectivity index (χ2v) is 4.07. The van der Waals surface area contributed by atoms with Gasteiger partial charge >= 0.3 is 0 Å². The topological polar surface area (TPSA) is 26.0 Å². The Labute approximate surface area is 63.0 Å². The molecule has 0 aromatic carbocycles. The lowest BCUT2D eigenvalue weighted by Gasteiger charge is -2.50. The van der Waals surface area contributed by atoms with Crippen LogP contribution in [0.5, 0.6) is 0 Å². The van der Waals surface area contributed by atoms with Gasteiger partial charge in [0.15, 0.2) is 0 Å². The van der Waals surface area contributed by atoms with E-state index in [9.17, 15) is 0 Å². The van der Waals surface area contributed by atoms with Crippen LogP contribution in [0.1, 0.15) is 44.9 Å². The Hall–Kier alpha value is -0.0400. The molecule has 0 saturated heterocycles. The summed E-state index contributed by atoms with van der Waals surface area (Å²) in [6.45, 7) is 0. The SMILES string of the molecule is N[C@@H]1CCC12CCCCC2. The fourth-order valence-corrected chi connectivity index (χ4v) is 2.60. The molecule has 2 rings (SSSR count). The van der Waals surface area contributed by atoms with Crippen molar-refractivity contribution in [3.8, 4) is 0 Å². The van der Waals surface area contributed by atoms with Gasteiger partial charge in [0.25, 0.3) is 0 Å². The summed E-state index contributed by atoms with van der Waals surface area (Å²) in [5, 5.41) is 0. The third-order valence-corrected chi connectivity index (χ3v) is 3.59. The summed E-state index contributed by atoms with van der Waals surface area (Å²) in [4.78, 5) is 0. The Kier molecular flexibility index (Phi) is 1.48. The van der Waals surface area contributed by atoms with Crippen molar-refractivity contribution in [2.24, 2.45) is 11.1 Å². The molecule has 10 heavy (non-hydrogen) atoms. The Morgan fingerprint density at radius 2 is 1.70 bits per heavy atom. The van der Waals surface area contributed by atoms with Gasteiger partial charge in [-0.2, -0.15) is 0 Å². The van der Waals surface area contributed by atoms with E-state index in [0.29, 0.717) is 11.5 Å². The van der Waals surface area contributed by atoms with Gasteiger partial charge in [0.2, 0.25) is 0 Å². The van der Waals surface area contributed by atoms with Crippen LogP contribution < -0.4 is 5.73 Å². The summed E-state index contributed by atoms with van der Waals surface area (Å²) in [5.74, 6) is 0. The third-order valence-electron chi connectivity index (χ3n) is 3.59. The zero-order chi connectivity index (χ0) is 7.03. The number of hydrogen-bond acceptors (Lipinski definition) is 1. The maximum absolute atomic E-state index is 5.99. The Morgan fingerprint density at radius 1 is 1.00 bits per heavy atom. The summed E-state index contributed by atoms with van der Waals surface area (Å²) in [5.41, 5.74) is 6.63. The van der Waals surface area contributed by atoms with Gasteiger partial charge in [-0.15, -0.1) is 0 Å². The second kappa shape index (κ2) is 2.23. The van der Waals surface area contributed by atoms with E-state index in [1.807, 2.05) is 0 Å². The smallest absolute Gasteiger partial charge is 0.00957 e. The second-order valence-electron chi connectivity index (χ2n) is 4.07. The summed E-state index contributed by atoms with van der Waals surface area (Å²) >= 11 is 0. The maximum atomic E-state index is 5.99. The molecular formula is C9H17N. The average molecular weight is 139 g/mol. The van der Waals surface area contributed by atoms with Gasteiger partial charge in [0.1, 0.15) is 0 Å². The molecule has 58 valence electrons. The molecule has 0 aromatic heterocycles. The molecule has 0 heterocycles. The van der Waals surface area contributed by atoms with Gasteiger partial charge in [-0.05, 0) is 31.1 Å². The third kappa shape index (κ3) is 0.800. The van der Waals surface area contributed by atoms with Crippen LogP contribution in [0.15, 0.2) is 0 Å². The zero-order valence-corrected chi connectivity index (χ0v) is 6.60. The highest BCUT2D eigenvalue weighted by atomic mass is 14.7. The van der Waals surface area contributed by atoms with Crippen LogP contribution in [0, 0.1) is 5.41 Å². The fraction of sp³-hybridized carbons (Fsp3) is 1.00. The van der Waals surface area contributed by atoms with Crippen LogP contribution in [0.2, 0.25) is 0 Å². The van der Waals surface area contributed by atoms with E-state index in [4.69, 9.17) is 5.73 Å². The monoisotopic (exact) mass is 139 g/mol. The fourth-order valence-electron chi connectivity index (χ4n) is 2.60. The van der Waals surface area contributed by atoms with Gasteiger partial charge in [0.05, 0.1) is 0 Å². The van der Waals surface area contributed by atoms with E-state index in [2.05, 4.69) is 0 Å². The lowest BCUT2D eigenvalue weighted by Crippen LogP contribution is -2.51. The van der Waals surface area contributed by atoms with Crippen molar-refractivity contribution >= 4 is 0 Å².